The maximum absolute atomic E-state index is 11.5. The van der Waals surface area contributed by atoms with Gasteiger partial charge in [-0.3, -0.25) is 4.79 Å². The molecule has 0 amide bonds. The number of halogens is 1. The Labute approximate surface area is 88.1 Å². The Morgan fingerprint density at radius 1 is 1.57 bits per heavy atom. The molecule has 0 atom stereocenters. The van der Waals surface area contributed by atoms with Crippen LogP contribution in [0.5, 0.6) is 5.88 Å². The molecular formula is C9H7BrN2O2. The van der Waals surface area contributed by atoms with Crippen LogP contribution in [-0.2, 0) is 0 Å². The summed E-state index contributed by atoms with van der Waals surface area (Å²) < 4.78 is 5.79. The van der Waals surface area contributed by atoms with Crippen molar-refractivity contribution in [2.45, 2.75) is 0 Å². The number of methoxy groups -OCH3 is 1. The van der Waals surface area contributed by atoms with E-state index in [1.165, 1.54) is 7.11 Å². The number of rotatable bonds is 1. The third-order valence-electron chi connectivity index (χ3n) is 1.92. The van der Waals surface area contributed by atoms with E-state index in [2.05, 4.69) is 25.9 Å². The van der Waals surface area contributed by atoms with Gasteiger partial charge in [-0.1, -0.05) is 0 Å². The summed E-state index contributed by atoms with van der Waals surface area (Å²) in [5.41, 5.74) is -0.201. The molecule has 0 spiro atoms. The van der Waals surface area contributed by atoms with E-state index >= 15 is 0 Å². The molecule has 2 rings (SSSR count). The molecule has 0 unspecified atom stereocenters. The molecule has 72 valence electrons. The summed E-state index contributed by atoms with van der Waals surface area (Å²) >= 11 is 3.32. The monoisotopic (exact) mass is 254 g/mol. The minimum atomic E-state index is -0.201. The number of ether oxygens (including phenoxy) is 1. The van der Waals surface area contributed by atoms with Crippen LogP contribution < -0.4 is 10.3 Å². The molecule has 0 saturated heterocycles. The summed E-state index contributed by atoms with van der Waals surface area (Å²) in [7, 11) is 1.49. The minimum absolute atomic E-state index is 0.201. The second-order valence-electron chi connectivity index (χ2n) is 2.71. The van der Waals surface area contributed by atoms with Crippen molar-refractivity contribution in [1.82, 2.24) is 9.97 Å². The molecular weight excluding hydrogens is 248 g/mol. The molecule has 0 aliphatic heterocycles. The number of pyridine rings is 2. The molecule has 0 aromatic carbocycles. The summed E-state index contributed by atoms with van der Waals surface area (Å²) in [6.45, 7) is 0. The predicted molar refractivity (Wildman–Crippen MR) is 56.6 cm³/mol. The third kappa shape index (κ3) is 1.29. The Balaban J connectivity index is 3.00. The van der Waals surface area contributed by atoms with E-state index in [1.807, 2.05) is 0 Å². The van der Waals surface area contributed by atoms with Crippen LogP contribution in [0.25, 0.3) is 10.8 Å². The molecule has 0 aliphatic carbocycles. The van der Waals surface area contributed by atoms with Crippen LogP contribution in [0.15, 0.2) is 27.7 Å². The number of aromatic amines is 1. The zero-order chi connectivity index (χ0) is 10.1. The number of hydrogen-bond acceptors (Lipinski definition) is 3. The fourth-order valence-electron chi connectivity index (χ4n) is 1.29. The van der Waals surface area contributed by atoms with E-state index in [9.17, 15) is 4.79 Å². The van der Waals surface area contributed by atoms with E-state index in [1.54, 1.807) is 18.5 Å². The van der Waals surface area contributed by atoms with Crippen molar-refractivity contribution in [3.8, 4) is 5.88 Å². The number of aromatic nitrogens is 2. The van der Waals surface area contributed by atoms with E-state index in [-0.39, 0.29) is 5.56 Å². The Hall–Kier alpha value is -1.36. The Morgan fingerprint density at radius 3 is 3.07 bits per heavy atom. The van der Waals surface area contributed by atoms with Crippen molar-refractivity contribution in [2.24, 2.45) is 0 Å². The van der Waals surface area contributed by atoms with Crippen LogP contribution in [0, 0.1) is 0 Å². The van der Waals surface area contributed by atoms with Crippen LogP contribution in [0.2, 0.25) is 0 Å². The molecule has 0 fully saturated rings. The average Bonchev–Trinajstić information content (AvgIpc) is 2.20. The van der Waals surface area contributed by atoms with E-state index in [4.69, 9.17) is 4.74 Å². The van der Waals surface area contributed by atoms with Crippen LogP contribution in [-0.4, -0.2) is 17.1 Å². The van der Waals surface area contributed by atoms with Gasteiger partial charge in [0.2, 0.25) is 5.88 Å². The Morgan fingerprint density at radius 2 is 2.36 bits per heavy atom. The summed E-state index contributed by atoms with van der Waals surface area (Å²) in [6, 6.07) is 1.80. The molecule has 0 saturated carbocycles. The van der Waals surface area contributed by atoms with Crippen molar-refractivity contribution in [1.29, 1.82) is 0 Å². The molecule has 1 N–H and O–H groups in total. The van der Waals surface area contributed by atoms with Gasteiger partial charge >= 0.3 is 0 Å². The summed E-state index contributed by atoms with van der Waals surface area (Å²) in [5, 5.41) is 1.25. The second kappa shape index (κ2) is 3.42. The summed E-state index contributed by atoms with van der Waals surface area (Å²) in [6.07, 6.45) is 3.20. The fourth-order valence-corrected chi connectivity index (χ4v) is 1.73. The SMILES string of the molecule is COc1ncc(Br)c2cc[nH]c(=O)c12. The van der Waals surface area contributed by atoms with E-state index < -0.39 is 0 Å². The van der Waals surface area contributed by atoms with Gasteiger partial charge in [-0.05, 0) is 22.0 Å². The second-order valence-corrected chi connectivity index (χ2v) is 3.57. The van der Waals surface area contributed by atoms with Crippen LogP contribution in [0.1, 0.15) is 0 Å². The van der Waals surface area contributed by atoms with Gasteiger partial charge in [0.15, 0.2) is 0 Å². The molecule has 5 heteroatoms. The van der Waals surface area contributed by atoms with Crippen molar-refractivity contribution < 1.29 is 4.74 Å². The van der Waals surface area contributed by atoms with Crippen LogP contribution in [0.4, 0.5) is 0 Å². The minimum Gasteiger partial charge on any atom is -0.480 e. The average molecular weight is 255 g/mol. The number of nitrogens with one attached hydrogen (secondary N) is 1. The van der Waals surface area contributed by atoms with Crippen molar-refractivity contribution in [3.63, 3.8) is 0 Å². The molecule has 0 radical (unpaired) electrons. The summed E-state index contributed by atoms with van der Waals surface area (Å²) in [4.78, 5) is 18.1. The Bertz CT molecular complexity index is 536. The van der Waals surface area contributed by atoms with Crippen molar-refractivity contribution in [2.75, 3.05) is 7.11 Å². The van der Waals surface area contributed by atoms with Crippen molar-refractivity contribution >= 4 is 26.7 Å². The fraction of sp³-hybridized carbons (Fsp3) is 0.111. The molecule has 0 bridgehead atoms. The molecule has 2 aromatic heterocycles. The zero-order valence-electron chi connectivity index (χ0n) is 7.37. The van der Waals surface area contributed by atoms with Gasteiger partial charge in [0, 0.05) is 22.3 Å². The van der Waals surface area contributed by atoms with E-state index in [0.717, 1.165) is 9.86 Å². The topological polar surface area (TPSA) is 55.0 Å². The first-order chi connectivity index (χ1) is 6.74. The number of fused-ring (bicyclic) bond motifs is 1. The van der Waals surface area contributed by atoms with Gasteiger partial charge < -0.3 is 9.72 Å². The zero-order valence-corrected chi connectivity index (χ0v) is 8.96. The number of nitrogens with zero attached hydrogens (tertiary/aromatic N) is 1. The lowest BCUT2D eigenvalue weighted by atomic mass is 10.2. The standard InChI is InChI=1S/C9H7BrN2O2/c1-14-9-7-5(6(10)4-12-9)2-3-11-8(7)13/h2-4H,1H3,(H,11,13). The molecule has 0 aliphatic rings. The van der Waals surface area contributed by atoms with Gasteiger partial charge in [0.05, 0.1) is 7.11 Å². The van der Waals surface area contributed by atoms with Gasteiger partial charge in [0.25, 0.3) is 5.56 Å². The first-order valence-electron chi connectivity index (χ1n) is 3.94. The van der Waals surface area contributed by atoms with Gasteiger partial charge in [-0.2, -0.15) is 0 Å². The third-order valence-corrected chi connectivity index (χ3v) is 2.55. The maximum atomic E-state index is 11.5. The van der Waals surface area contributed by atoms with Gasteiger partial charge in [0.1, 0.15) is 5.39 Å². The highest BCUT2D eigenvalue weighted by Gasteiger charge is 2.08. The molecule has 14 heavy (non-hydrogen) atoms. The Kier molecular flexibility index (Phi) is 2.25. The normalized spacial score (nSPS) is 10.4. The number of hydrogen-bond donors (Lipinski definition) is 1. The van der Waals surface area contributed by atoms with Crippen LogP contribution >= 0.6 is 15.9 Å². The highest BCUT2D eigenvalue weighted by atomic mass is 79.9. The van der Waals surface area contributed by atoms with Gasteiger partial charge in [-0.25, -0.2) is 4.98 Å². The van der Waals surface area contributed by atoms with E-state index in [0.29, 0.717) is 11.3 Å². The lowest BCUT2D eigenvalue weighted by molar-refractivity contribution is 0.403. The van der Waals surface area contributed by atoms with Gasteiger partial charge in [-0.15, -0.1) is 0 Å². The highest BCUT2D eigenvalue weighted by molar-refractivity contribution is 9.10. The largest absolute Gasteiger partial charge is 0.480 e. The quantitative estimate of drug-likeness (QED) is 0.843. The maximum Gasteiger partial charge on any atom is 0.261 e. The number of H-pyrrole nitrogens is 1. The molecule has 2 aromatic rings. The molecule has 2 heterocycles. The highest BCUT2D eigenvalue weighted by Crippen LogP contribution is 2.25. The first-order valence-corrected chi connectivity index (χ1v) is 4.73. The molecule has 4 nitrogen and oxygen atoms in total. The smallest absolute Gasteiger partial charge is 0.261 e. The van der Waals surface area contributed by atoms with Crippen molar-refractivity contribution in [3.05, 3.63) is 33.3 Å². The lowest BCUT2D eigenvalue weighted by Gasteiger charge is -2.03. The predicted octanol–water partition coefficient (Wildman–Crippen LogP) is 1.69. The first kappa shape index (κ1) is 9.21. The van der Waals surface area contributed by atoms with Crippen LogP contribution in [0.3, 0.4) is 0 Å². The lowest BCUT2D eigenvalue weighted by Crippen LogP contribution is -2.07. The summed E-state index contributed by atoms with van der Waals surface area (Å²) in [5.74, 6) is 0.338.